The molecule has 0 aliphatic rings. The number of nitrogens with zero attached hydrogens (tertiary/aromatic N) is 1. The highest BCUT2D eigenvalue weighted by molar-refractivity contribution is 5.97. The van der Waals surface area contributed by atoms with Gasteiger partial charge < -0.3 is 15.1 Å². The van der Waals surface area contributed by atoms with Gasteiger partial charge >= 0.3 is 0 Å². The summed E-state index contributed by atoms with van der Waals surface area (Å²) >= 11 is 0. The van der Waals surface area contributed by atoms with E-state index in [1.54, 1.807) is 12.1 Å². The average Bonchev–Trinajstić information content (AvgIpc) is 3.07. The van der Waals surface area contributed by atoms with Crippen molar-refractivity contribution in [2.24, 2.45) is 0 Å². The quantitative estimate of drug-likeness (QED) is 0.634. The van der Waals surface area contributed by atoms with E-state index in [0.29, 0.717) is 5.76 Å². The Morgan fingerprint density at radius 2 is 2.09 bits per heavy atom. The predicted octanol–water partition coefficient (Wildman–Crippen LogP) is 2.98. The van der Waals surface area contributed by atoms with Gasteiger partial charge in [-0.2, -0.15) is 5.26 Å². The van der Waals surface area contributed by atoms with Gasteiger partial charge in [-0.3, -0.25) is 4.79 Å². The number of furan rings is 1. The molecule has 2 aromatic rings. The minimum atomic E-state index is -0.448. The third kappa shape index (κ3) is 4.25. The first-order valence-corrected chi connectivity index (χ1v) is 6.99. The van der Waals surface area contributed by atoms with Crippen LogP contribution in [0.3, 0.4) is 0 Å². The minimum Gasteiger partial charge on any atom is -0.467 e. The molecule has 0 atom stereocenters. The number of carbonyl (C=O) groups excluding carboxylic acids is 1. The van der Waals surface area contributed by atoms with Crippen LogP contribution >= 0.6 is 0 Å². The SMILES string of the molecule is CCc1ccc(N/C=C(/C#N)C(=O)NCc2ccco2)cc1. The van der Waals surface area contributed by atoms with Crippen LogP contribution in [0.1, 0.15) is 18.2 Å². The molecule has 0 saturated carbocycles. The van der Waals surface area contributed by atoms with E-state index in [9.17, 15) is 4.79 Å². The molecule has 0 aliphatic heterocycles. The van der Waals surface area contributed by atoms with Crippen molar-refractivity contribution in [1.82, 2.24) is 5.32 Å². The van der Waals surface area contributed by atoms with Gasteiger partial charge in [0.1, 0.15) is 17.4 Å². The lowest BCUT2D eigenvalue weighted by atomic mass is 10.1. The number of hydrogen-bond acceptors (Lipinski definition) is 4. The van der Waals surface area contributed by atoms with Crippen molar-refractivity contribution in [3.05, 3.63) is 65.8 Å². The fourth-order valence-electron chi connectivity index (χ4n) is 1.82. The Morgan fingerprint density at radius 3 is 2.68 bits per heavy atom. The van der Waals surface area contributed by atoms with Crippen molar-refractivity contribution < 1.29 is 9.21 Å². The zero-order chi connectivity index (χ0) is 15.8. The normalized spacial score (nSPS) is 10.8. The van der Waals surface area contributed by atoms with E-state index in [1.807, 2.05) is 30.3 Å². The second-order valence-electron chi connectivity index (χ2n) is 4.63. The van der Waals surface area contributed by atoms with Gasteiger partial charge in [-0.15, -0.1) is 0 Å². The fourth-order valence-corrected chi connectivity index (χ4v) is 1.82. The van der Waals surface area contributed by atoms with Gasteiger partial charge in [-0.05, 0) is 36.2 Å². The van der Waals surface area contributed by atoms with Crippen LogP contribution in [-0.4, -0.2) is 5.91 Å². The van der Waals surface area contributed by atoms with Crippen molar-refractivity contribution in [3.8, 4) is 6.07 Å². The Morgan fingerprint density at radius 1 is 1.32 bits per heavy atom. The Balaban J connectivity index is 1.94. The van der Waals surface area contributed by atoms with Gasteiger partial charge in [-0.1, -0.05) is 19.1 Å². The molecule has 5 heteroatoms. The molecule has 0 aliphatic carbocycles. The lowest BCUT2D eigenvalue weighted by molar-refractivity contribution is -0.117. The Kier molecular flexibility index (Phi) is 5.38. The topological polar surface area (TPSA) is 78.1 Å². The smallest absolute Gasteiger partial charge is 0.263 e. The van der Waals surface area contributed by atoms with Crippen LogP contribution < -0.4 is 10.6 Å². The van der Waals surface area contributed by atoms with Gasteiger partial charge in [0.2, 0.25) is 0 Å². The molecule has 0 unspecified atom stereocenters. The van der Waals surface area contributed by atoms with Gasteiger partial charge in [0.15, 0.2) is 0 Å². The summed E-state index contributed by atoms with van der Waals surface area (Å²) in [5.41, 5.74) is 2.06. The van der Waals surface area contributed by atoms with Gasteiger partial charge in [-0.25, -0.2) is 0 Å². The molecule has 5 nitrogen and oxygen atoms in total. The molecule has 0 spiro atoms. The van der Waals surface area contributed by atoms with Crippen LogP contribution in [0.2, 0.25) is 0 Å². The molecule has 0 bridgehead atoms. The van der Waals surface area contributed by atoms with Crippen molar-refractivity contribution in [2.75, 3.05) is 5.32 Å². The summed E-state index contributed by atoms with van der Waals surface area (Å²) in [5.74, 6) is 0.185. The van der Waals surface area contributed by atoms with E-state index >= 15 is 0 Å². The third-order valence-corrected chi connectivity index (χ3v) is 3.11. The predicted molar refractivity (Wildman–Crippen MR) is 83.7 cm³/mol. The Hall–Kier alpha value is -3.00. The second-order valence-corrected chi connectivity index (χ2v) is 4.63. The summed E-state index contributed by atoms with van der Waals surface area (Å²) in [6, 6.07) is 13.2. The molecule has 1 amide bonds. The zero-order valence-electron chi connectivity index (χ0n) is 12.3. The number of hydrogen-bond donors (Lipinski definition) is 2. The van der Waals surface area contributed by atoms with E-state index in [4.69, 9.17) is 9.68 Å². The summed E-state index contributed by atoms with van der Waals surface area (Å²) in [6.07, 6.45) is 3.90. The highest BCUT2D eigenvalue weighted by Gasteiger charge is 2.09. The van der Waals surface area contributed by atoms with Crippen LogP contribution in [0.5, 0.6) is 0 Å². The van der Waals surface area contributed by atoms with Gasteiger partial charge in [0.05, 0.1) is 12.8 Å². The van der Waals surface area contributed by atoms with Crippen molar-refractivity contribution in [1.29, 1.82) is 5.26 Å². The Bertz CT molecular complexity index is 680. The maximum Gasteiger partial charge on any atom is 0.263 e. The number of aryl methyl sites for hydroxylation is 1. The first-order chi connectivity index (χ1) is 10.7. The maximum absolute atomic E-state index is 11.9. The van der Waals surface area contributed by atoms with E-state index in [0.717, 1.165) is 12.1 Å². The largest absolute Gasteiger partial charge is 0.467 e. The standard InChI is InChI=1S/C17H17N3O2/c1-2-13-5-7-15(8-6-13)19-11-14(10-18)17(21)20-12-16-4-3-9-22-16/h3-9,11,19H,2,12H2,1H3,(H,20,21)/b14-11-. The zero-order valence-corrected chi connectivity index (χ0v) is 12.3. The first-order valence-electron chi connectivity index (χ1n) is 6.99. The van der Waals surface area contributed by atoms with Crippen LogP contribution in [0.25, 0.3) is 0 Å². The molecule has 2 N–H and O–H groups in total. The monoisotopic (exact) mass is 295 g/mol. The van der Waals surface area contributed by atoms with E-state index in [1.165, 1.54) is 18.0 Å². The number of nitrogens with one attached hydrogen (secondary N) is 2. The van der Waals surface area contributed by atoms with E-state index in [2.05, 4.69) is 17.6 Å². The molecule has 1 aromatic carbocycles. The highest BCUT2D eigenvalue weighted by Crippen LogP contribution is 2.10. The number of carbonyl (C=O) groups is 1. The number of rotatable bonds is 6. The van der Waals surface area contributed by atoms with Crippen molar-refractivity contribution >= 4 is 11.6 Å². The molecule has 0 fully saturated rings. The Labute approximate surface area is 129 Å². The van der Waals surface area contributed by atoms with Crippen molar-refractivity contribution in [3.63, 3.8) is 0 Å². The summed E-state index contributed by atoms with van der Waals surface area (Å²) in [6.45, 7) is 2.33. The van der Waals surface area contributed by atoms with Crippen LogP contribution in [0, 0.1) is 11.3 Å². The van der Waals surface area contributed by atoms with Gasteiger partial charge in [0, 0.05) is 11.9 Å². The lowest BCUT2D eigenvalue weighted by Crippen LogP contribution is -2.24. The van der Waals surface area contributed by atoms with Gasteiger partial charge in [0.25, 0.3) is 5.91 Å². The average molecular weight is 295 g/mol. The second kappa shape index (κ2) is 7.70. The van der Waals surface area contributed by atoms with E-state index < -0.39 is 5.91 Å². The molecule has 0 saturated heterocycles. The number of anilines is 1. The molecular formula is C17H17N3O2. The molecule has 0 radical (unpaired) electrons. The van der Waals surface area contributed by atoms with E-state index in [-0.39, 0.29) is 12.1 Å². The van der Waals surface area contributed by atoms with Crippen molar-refractivity contribution in [2.45, 2.75) is 19.9 Å². The fraction of sp³-hybridized carbons (Fsp3) is 0.176. The van der Waals surface area contributed by atoms with Crippen LogP contribution in [0.15, 0.2) is 58.9 Å². The molecular weight excluding hydrogens is 278 g/mol. The van der Waals surface area contributed by atoms with Crippen LogP contribution in [-0.2, 0) is 17.8 Å². The molecule has 22 heavy (non-hydrogen) atoms. The highest BCUT2D eigenvalue weighted by atomic mass is 16.3. The summed E-state index contributed by atoms with van der Waals surface area (Å²) < 4.78 is 5.12. The number of benzene rings is 1. The maximum atomic E-state index is 11.9. The minimum absolute atomic E-state index is 0.00567. The summed E-state index contributed by atoms with van der Waals surface area (Å²) in [4.78, 5) is 11.9. The molecule has 112 valence electrons. The molecule has 1 heterocycles. The molecule has 2 rings (SSSR count). The number of nitriles is 1. The first kappa shape index (κ1) is 15.4. The summed E-state index contributed by atoms with van der Waals surface area (Å²) in [5, 5.41) is 14.7. The third-order valence-electron chi connectivity index (χ3n) is 3.11. The van der Waals surface area contributed by atoms with Crippen LogP contribution in [0.4, 0.5) is 5.69 Å². The summed E-state index contributed by atoms with van der Waals surface area (Å²) in [7, 11) is 0. The molecule has 1 aromatic heterocycles. The number of amides is 1. The lowest BCUT2D eigenvalue weighted by Gasteiger charge is -2.04.